The number of hydrogen-bond acceptors (Lipinski definition) is 4. The van der Waals surface area contributed by atoms with Crippen molar-refractivity contribution in [2.45, 2.75) is 20.8 Å². The number of non-ortho nitro benzene ring substituents is 1. The maximum atomic E-state index is 12.7. The van der Waals surface area contributed by atoms with Gasteiger partial charge < -0.3 is 9.88 Å². The fourth-order valence-corrected chi connectivity index (χ4v) is 3.34. The van der Waals surface area contributed by atoms with E-state index < -0.39 is 10.8 Å². The summed E-state index contributed by atoms with van der Waals surface area (Å²) in [4.78, 5) is 23.1. The van der Waals surface area contributed by atoms with E-state index in [4.69, 9.17) is 0 Å². The van der Waals surface area contributed by atoms with Gasteiger partial charge in [0.15, 0.2) is 0 Å². The highest BCUT2D eigenvalue weighted by molar-refractivity contribution is 6.10. The number of nitrogens with zero attached hydrogens (tertiary/aromatic N) is 3. The van der Waals surface area contributed by atoms with Crippen LogP contribution < -0.4 is 5.32 Å². The average molecular weight is 400 g/mol. The summed E-state index contributed by atoms with van der Waals surface area (Å²) in [6, 6.07) is 15.5. The zero-order valence-corrected chi connectivity index (χ0v) is 16.8. The highest BCUT2D eigenvalue weighted by atomic mass is 16.6. The Kier molecular flexibility index (Phi) is 5.79. The van der Waals surface area contributed by atoms with E-state index in [9.17, 15) is 20.2 Å². The van der Waals surface area contributed by atoms with Crippen LogP contribution in [0.1, 0.15) is 22.4 Å². The molecule has 0 unspecified atom stereocenters. The minimum atomic E-state index is -0.496. The number of nitrogens with one attached hydrogen (secondary N) is 1. The van der Waals surface area contributed by atoms with E-state index in [0.29, 0.717) is 17.1 Å². The Morgan fingerprint density at radius 3 is 2.33 bits per heavy atom. The van der Waals surface area contributed by atoms with Crippen molar-refractivity contribution in [3.63, 3.8) is 0 Å². The Hall–Kier alpha value is -4.18. The molecule has 3 rings (SSSR count). The number of amides is 1. The number of benzene rings is 2. The number of aryl methyl sites for hydroxylation is 3. The zero-order chi connectivity index (χ0) is 21.8. The number of nitriles is 1. The zero-order valence-electron chi connectivity index (χ0n) is 16.8. The standard InChI is InChI=1S/C23H20N4O3/c1-15-11-16(2)22(17(3)12-15)25-23(28)18(14-24)13-21-5-4-10-26(21)19-6-8-20(9-7-19)27(29)30/h4-13H,1-3H3,(H,25,28). The highest BCUT2D eigenvalue weighted by Crippen LogP contribution is 2.23. The van der Waals surface area contributed by atoms with Gasteiger partial charge in [-0.15, -0.1) is 0 Å². The summed E-state index contributed by atoms with van der Waals surface area (Å²) in [6.45, 7) is 5.80. The summed E-state index contributed by atoms with van der Waals surface area (Å²) >= 11 is 0. The summed E-state index contributed by atoms with van der Waals surface area (Å²) in [5, 5.41) is 23.2. The molecule has 7 nitrogen and oxygen atoms in total. The van der Waals surface area contributed by atoms with Crippen LogP contribution in [0.15, 0.2) is 60.3 Å². The van der Waals surface area contributed by atoms with Gasteiger partial charge in [0.05, 0.1) is 4.92 Å². The molecule has 1 aromatic heterocycles. The summed E-state index contributed by atoms with van der Waals surface area (Å²) in [6.07, 6.45) is 3.25. The first-order valence-electron chi connectivity index (χ1n) is 9.23. The molecule has 30 heavy (non-hydrogen) atoms. The maximum Gasteiger partial charge on any atom is 0.269 e. The number of aromatic nitrogens is 1. The normalized spacial score (nSPS) is 11.1. The molecule has 0 aliphatic carbocycles. The molecule has 0 saturated carbocycles. The molecule has 1 N–H and O–H groups in total. The van der Waals surface area contributed by atoms with Gasteiger partial charge in [-0.3, -0.25) is 14.9 Å². The van der Waals surface area contributed by atoms with Gasteiger partial charge in [-0.2, -0.15) is 5.26 Å². The molecule has 0 radical (unpaired) electrons. The van der Waals surface area contributed by atoms with Gasteiger partial charge in [-0.05, 0) is 62.2 Å². The summed E-state index contributed by atoms with van der Waals surface area (Å²) in [7, 11) is 0. The van der Waals surface area contributed by atoms with Gasteiger partial charge in [0, 0.05) is 35.4 Å². The van der Waals surface area contributed by atoms with E-state index in [0.717, 1.165) is 16.7 Å². The Balaban J connectivity index is 1.91. The fraction of sp³-hybridized carbons (Fsp3) is 0.130. The van der Waals surface area contributed by atoms with Gasteiger partial charge in [0.1, 0.15) is 11.6 Å². The summed E-state index contributed by atoms with van der Waals surface area (Å²) < 4.78 is 1.75. The van der Waals surface area contributed by atoms with E-state index >= 15 is 0 Å². The quantitative estimate of drug-likeness (QED) is 0.286. The predicted molar refractivity (Wildman–Crippen MR) is 115 cm³/mol. The van der Waals surface area contributed by atoms with Crippen molar-refractivity contribution >= 4 is 23.4 Å². The smallest absolute Gasteiger partial charge is 0.269 e. The lowest BCUT2D eigenvalue weighted by Crippen LogP contribution is -2.15. The Morgan fingerprint density at radius 1 is 1.13 bits per heavy atom. The highest BCUT2D eigenvalue weighted by Gasteiger charge is 2.14. The number of rotatable bonds is 5. The predicted octanol–water partition coefficient (Wildman–Crippen LogP) is 4.86. The van der Waals surface area contributed by atoms with E-state index in [2.05, 4.69) is 5.32 Å². The maximum absolute atomic E-state index is 12.7. The first-order valence-corrected chi connectivity index (χ1v) is 9.23. The average Bonchev–Trinajstić information content (AvgIpc) is 3.17. The van der Waals surface area contributed by atoms with Crippen molar-refractivity contribution < 1.29 is 9.72 Å². The first-order chi connectivity index (χ1) is 14.3. The van der Waals surface area contributed by atoms with Crippen molar-refractivity contribution in [2.75, 3.05) is 5.32 Å². The number of nitro groups is 1. The number of nitro benzene ring substituents is 1. The molecule has 1 heterocycles. The molecule has 0 saturated heterocycles. The monoisotopic (exact) mass is 400 g/mol. The number of anilines is 1. The SMILES string of the molecule is Cc1cc(C)c(NC(=O)C(C#N)=Cc2cccn2-c2ccc([N+](=O)[O-])cc2)c(C)c1. The van der Waals surface area contributed by atoms with Crippen LogP contribution in [-0.4, -0.2) is 15.4 Å². The van der Waals surface area contributed by atoms with Gasteiger partial charge in [-0.1, -0.05) is 17.7 Å². The number of hydrogen-bond donors (Lipinski definition) is 1. The van der Waals surface area contributed by atoms with Gasteiger partial charge in [0.2, 0.25) is 0 Å². The molecule has 0 bridgehead atoms. The molecule has 0 fully saturated rings. The van der Waals surface area contributed by atoms with Crippen molar-refractivity contribution in [1.29, 1.82) is 5.26 Å². The lowest BCUT2D eigenvalue weighted by Gasteiger charge is -2.12. The minimum absolute atomic E-state index is 0.0103. The second-order valence-corrected chi connectivity index (χ2v) is 6.97. The van der Waals surface area contributed by atoms with Crippen molar-refractivity contribution in [3.05, 3.63) is 92.8 Å². The first kappa shape index (κ1) is 20.6. The van der Waals surface area contributed by atoms with Crippen LogP contribution in [-0.2, 0) is 4.79 Å². The molecular weight excluding hydrogens is 380 g/mol. The summed E-state index contributed by atoms with van der Waals surface area (Å²) in [5.74, 6) is -0.496. The molecule has 0 aliphatic heterocycles. The molecule has 0 atom stereocenters. The van der Waals surface area contributed by atoms with Gasteiger partial charge >= 0.3 is 0 Å². The molecule has 3 aromatic rings. The number of carbonyl (C=O) groups excluding carboxylic acids is 1. The van der Waals surface area contributed by atoms with Gasteiger partial charge in [0.25, 0.3) is 11.6 Å². The molecule has 2 aromatic carbocycles. The van der Waals surface area contributed by atoms with Crippen LogP contribution in [0.4, 0.5) is 11.4 Å². The second-order valence-electron chi connectivity index (χ2n) is 6.97. The van der Waals surface area contributed by atoms with E-state index in [1.54, 1.807) is 35.0 Å². The molecule has 0 spiro atoms. The van der Waals surface area contributed by atoms with Crippen LogP contribution in [0.3, 0.4) is 0 Å². The van der Waals surface area contributed by atoms with Crippen molar-refractivity contribution in [1.82, 2.24) is 4.57 Å². The van der Waals surface area contributed by atoms with E-state index in [1.165, 1.54) is 18.2 Å². The molecule has 7 heteroatoms. The Labute approximate surface area is 174 Å². The Bertz CT molecular complexity index is 1170. The number of carbonyl (C=O) groups is 1. The van der Waals surface area contributed by atoms with E-state index in [1.807, 2.05) is 39.0 Å². The second kappa shape index (κ2) is 8.45. The van der Waals surface area contributed by atoms with Crippen LogP contribution >= 0.6 is 0 Å². The topological polar surface area (TPSA) is 101 Å². The molecular formula is C23H20N4O3. The summed E-state index contributed by atoms with van der Waals surface area (Å²) in [5.41, 5.74) is 4.87. The van der Waals surface area contributed by atoms with E-state index in [-0.39, 0.29) is 11.3 Å². The van der Waals surface area contributed by atoms with Crippen LogP contribution in [0, 0.1) is 42.2 Å². The third-order valence-corrected chi connectivity index (χ3v) is 4.69. The molecule has 1 amide bonds. The Morgan fingerprint density at radius 2 is 1.77 bits per heavy atom. The fourth-order valence-electron chi connectivity index (χ4n) is 3.34. The largest absolute Gasteiger partial charge is 0.321 e. The third kappa shape index (κ3) is 4.28. The lowest BCUT2D eigenvalue weighted by atomic mass is 10.0. The molecule has 0 aliphatic rings. The molecule has 150 valence electrons. The third-order valence-electron chi connectivity index (χ3n) is 4.69. The van der Waals surface area contributed by atoms with Crippen LogP contribution in [0.2, 0.25) is 0 Å². The van der Waals surface area contributed by atoms with Crippen LogP contribution in [0.25, 0.3) is 11.8 Å². The minimum Gasteiger partial charge on any atom is -0.321 e. The van der Waals surface area contributed by atoms with Crippen LogP contribution in [0.5, 0.6) is 0 Å². The van der Waals surface area contributed by atoms with Gasteiger partial charge in [-0.25, -0.2) is 0 Å². The van der Waals surface area contributed by atoms with Crippen molar-refractivity contribution in [2.24, 2.45) is 0 Å². The van der Waals surface area contributed by atoms with Crippen molar-refractivity contribution in [3.8, 4) is 11.8 Å². The lowest BCUT2D eigenvalue weighted by molar-refractivity contribution is -0.384.